The van der Waals surface area contributed by atoms with Gasteiger partial charge in [0.1, 0.15) is 0 Å². The van der Waals surface area contributed by atoms with E-state index in [9.17, 15) is 0 Å². The molecule has 1 aliphatic heterocycles. The Balaban J connectivity index is 1.76. The number of para-hydroxylation sites is 1. The van der Waals surface area contributed by atoms with E-state index in [4.69, 9.17) is 0 Å². The van der Waals surface area contributed by atoms with E-state index in [0.29, 0.717) is 0 Å². The first-order valence-corrected chi connectivity index (χ1v) is 7.73. The third-order valence-corrected chi connectivity index (χ3v) is 4.69. The van der Waals surface area contributed by atoms with Crippen molar-refractivity contribution in [2.75, 3.05) is 18.5 Å². The van der Waals surface area contributed by atoms with Gasteiger partial charge < -0.3 is 10.2 Å². The molecule has 0 atom stereocenters. The van der Waals surface area contributed by atoms with Crippen LogP contribution in [-0.4, -0.2) is 13.6 Å². The number of thiophene rings is 1. The standard InChI is InChI=1S/C16H20N2S/c1-17-11-14-8-9-15(19-14)12-18-10-4-6-13-5-2-3-7-16(13)18/h2-3,5,7-9,17H,4,6,10-12H2,1H3. The predicted octanol–water partition coefficient (Wildman–Crippen LogP) is 3.42. The summed E-state index contributed by atoms with van der Waals surface area (Å²) < 4.78 is 0. The zero-order valence-electron chi connectivity index (χ0n) is 11.4. The third kappa shape index (κ3) is 2.82. The SMILES string of the molecule is CNCc1ccc(CN2CCCc3ccccc32)s1. The van der Waals surface area contributed by atoms with E-state index >= 15 is 0 Å². The molecule has 0 spiro atoms. The van der Waals surface area contributed by atoms with Crippen molar-refractivity contribution >= 4 is 17.0 Å². The van der Waals surface area contributed by atoms with E-state index in [1.807, 2.05) is 18.4 Å². The molecule has 0 fully saturated rings. The van der Waals surface area contributed by atoms with Crippen LogP contribution in [0.2, 0.25) is 0 Å². The van der Waals surface area contributed by atoms with Crippen molar-refractivity contribution in [2.45, 2.75) is 25.9 Å². The number of anilines is 1. The highest BCUT2D eigenvalue weighted by Crippen LogP contribution is 2.29. The monoisotopic (exact) mass is 272 g/mol. The molecule has 0 saturated heterocycles. The second-order valence-electron chi connectivity index (χ2n) is 5.05. The van der Waals surface area contributed by atoms with Gasteiger partial charge in [0, 0.05) is 28.5 Å². The number of nitrogens with zero attached hydrogens (tertiary/aromatic N) is 1. The van der Waals surface area contributed by atoms with Crippen LogP contribution in [0.1, 0.15) is 21.7 Å². The molecule has 2 aromatic rings. The normalized spacial score (nSPS) is 14.5. The molecule has 1 aromatic heterocycles. The van der Waals surface area contributed by atoms with Gasteiger partial charge in [0.2, 0.25) is 0 Å². The minimum absolute atomic E-state index is 0.973. The molecule has 0 saturated carbocycles. The van der Waals surface area contributed by atoms with Crippen molar-refractivity contribution in [1.82, 2.24) is 5.32 Å². The maximum Gasteiger partial charge on any atom is 0.0523 e. The van der Waals surface area contributed by atoms with Gasteiger partial charge in [-0.3, -0.25) is 0 Å². The van der Waals surface area contributed by atoms with Gasteiger partial charge in [0.05, 0.1) is 6.54 Å². The molecule has 1 aromatic carbocycles. The van der Waals surface area contributed by atoms with Crippen LogP contribution in [0.3, 0.4) is 0 Å². The highest BCUT2D eigenvalue weighted by atomic mass is 32.1. The van der Waals surface area contributed by atoms with Crippen molar-refractivity contribution in [3.8, 4) is 0 Å². The van der Waals surface area contributed by atoms with Crippen molar-refractivity contribution in [3.05, 3.63) is 51.7 Å². The van der Waals surface area contributed by atoms with Gasteiger partial charge in [-0.1, -0.05) is 18.2 Å². The van der Waals surface area contributed by atoms with E-state index in [2.05, 4.69) is 46.6 Å². The number of benzene rings is 1. The summed E-state index contributed by atoms with van der Waals surface area (Å²) in [6.07, 6.45) is 2.49. The number of hydrogen-bond acceptors (Lipinski definition) is 3. The van der Waals surface area contributed by atoms with Gasteiger partial charge in [0.15, 0.2) is 0 Å². The van der Waals surface area contributed by atoms with Crippen molar-refractivity contribution in [3.63, 3.8) is 0 Å². The van der Waals surface area contributed by atoms with Crippen LogP contribution in [0.25, 0.3) is 0 Å². The molecular formula is C16H20N2S. The van der Waals surface area contributed by atoms with Crippen LogP contribution in [0.15, 0.2) is 36.4 Å². The first kappa shape index (κ1) is 12.7. The van der Waals surface area contributed by atoms with E-state index < -0.39 is 0 Å². The fourth-order valence-corrected chi connectivity index (χ4v) is 3.79. The Hall–Kier alpha value is -1.32. The average Bonchev–Trinajstić information content (AvgIpc) is 2.87. The summed E-state index contributed by atoms with van der Waals surface area (Å²) in [5.74, 6) is 0. The zero-order chi connectivity index (χ0) is 13.1. The molecule has 3 heteroatoms. The largest absolute Gasteiger partial charge is 0.366 e. The Morgan fingerprint density at radius 3 is 2.89 bits per heavy atom. The topological polar surface area (TPSA) is 15.3 Å². The first-order valence-electron chi connectivity index (χ1n) is 6.92. The molecule has 0 bridgehead atoms. The van der Waals surface area contributed by atoms with Crippen molar-refractivity contribution < 1.29 is 0 Å². The van der Waals surface area contributed by atoms with E-state index in [1.165, 1.54) is 40.4 Å². The molecule has 0 unspecified atom stereocenters. The maximum absolute atomic E-state index is 3.21. The highest BCUT2D eigenvalue weighted by Gasteiger charge is 2.16. The quantitative estimate of drug-likeness (QED) is 0.917. The lowest BCUT2D eigenvalue weighted by Gasteiger charge is -2.30. The predicted molar refractivity (Wildman–Crippen MR) is 82.9 cm³/mol. The third-order valence-electron chi connectivity index (χ3n) is 3.62. The number of aryl methyl sites for hydroxylation is 1. The Morgan fingerprint density at radius 2 is 2.00 bits per heavy atom. The summed E-state index contributed by atoms with van der Waals surface area (Å²) >= 11 is 1.92. The highest BCUT2D eigenvalue weighted by molar-refractivity contribution is 7.12. The number of nitrogens with one attached hydrogen (secondary N) is 1. The van der Waals surface area contributed by atoms with E-state index in [1.54, 1.807) is 0 Å². The lowest BCUT2D eigenvalue weighted by Crippen LogP contribution is -2.28. The van der Waals surface area contributed by atoms with Gasteiger partial charge in [-0.15, -0.1) is 11.3 Å². The fourth-order valence-electron chi connectivity index (χ4n) is 2.74. The molecule has 2 nitrogen and oxygen atoms in total. The van der Waals surface area contributed by atoms with Crippen LogP contribution in [0.5, 0.6) is 0 Å². The molecule has 0 amide bonds. The molecule has 3 rings (SSSR count). The average molecular weight is 272 g/mol. The molecule has 1 aliphatic rings. The lowest BCUT2D eigenvalue weighted by atomic mass is 10.0. The summed E-state index contributed by atoms with van der Waals surface area (Å²) in [6, 6.07) is 13.3. The van der Waals surface area contributed by atoms with Crippen molar-refractivity contribution in [1.29, 1.82) is 0 Å². The summed E-state index contributed by atoms with van der Waals surface area (Å²) in [6.45, 7) is 3.20. The Bertz CT molecular complexity index is 547. The number of rotatable bonds is 4. The second-order valence-corrected chi connectivity index (χ2v) is 6.31. The molecule has 1 N–H and O–H groups in total. The van der Waals surface area contributed by atoms with E-state index in [-0.39, 0.29) is 0 Å². The van der Waals surface area contributed by atoms with Gasteiger partial charge in [-0.25, -0.2) is 0 Å². The summed E-state index contributed by atoms with van der Waals surface area (Å²) in [7, 11) is 2.00. The Kier molecular flexibility index (Phi) is 3.85. The van der Waals surface area contributed by atoms with Crippen molar-refractivity contribution in [2.24, 2.45) is 0 Å². The van der Waals surface area contributed by atoms with E-state index in [0.717, 1.165) is 13.1 Å². The fraction of sp³-hybridized carbons (Fsp3) is 0.375. The number of hydrogen-bond donors (Lipinski definition) is 1. The summed E-state index contributed by atoms with van der Waals surface area (Å²) in [5, 5.41) is 3.21. The summed E-state index contributed by atoms with van der Waals surface area (Å²) in [5.41, 5.74) is 2.93. The second kappa shape index (κ2) is 5.76. The maximum atomic E-state index is 3.21. The molecular weight excluding hydrogens is 252 g/mol. The molecule has 2 heterocycles. The smallest absolute Gasteiger partial charge is 0.0523 e. The minimum Gasteiger partial charge on any atom is -0.366 e. The van der Waals surface area contributed by atoms with Crippen LogP contribution in [0, 0.1) is 0 Å². The Morgan fingerprint density at radius 1 is 1.16 bits per heavy atom. The molecule has 19 heavy (non-hydrogen) atoms. The first-order chi connectivity index (χ1) is 9.36. The van der Waals surface area contributed by atoms with Gasteiger partial charge in [0.25, 0.3) is 0 Å². The summed E-state index contributed by atoms with van der Waals surface area (Å²) in [4.78, 5) is 5.40. The lowest BCUT2D eigenvalue weighted by molar-refractivity contribution is 0.695. The van der Waals surface area contributed by atoms with Gasteiger partial charge >= 0.3 is 0 Å². The van der Waals surface area contributed by atoms with Crippen LogP contribution >= 0.6 is 11.3 Å². The van der Waals surface area contributed by atoms with Crippen LogP contribution < -0.4 is 10.2 Å². The van der Waals surface area contributed by atoms with Crippen LogP contribution in [-0.2, 0) is 19.5 Å². The molecule has 0 aliphatic carbocycles. The Labute approximate surface area is 119 Å². The zero-order valence-corrected chi connectivity index (χ0v) is 12.2. The number of fused-ring (bicyclic) bond motifs is 1. The van der Waals surface area contributed by atoms with Crippen LogP contribution in [0.4, 0.5) is 5.69 Å². The minimum atomic E-state index is 0.973. The molecule has 100 valence electrons. The van der Waals surface area contributed by atoms with Gasteiger partial charge in [-0.05, 0) is 43.7 Å². The molecule has 0 radical (unpaired) electrons. The van der Waals surface area contributed by atoms with Gasteiger partial charge in [-0.2, -0.15) is 0 Å².